The average molecular weight is 268 g/mol. The highest BCUT2D eigenvalue weighted by atomic mass is 16.3. The lowest BCUT2D eigenvalue weighted by molar-refractivity contribution is 0.163. The van der Waals surface area contributed by atoms with Crippen molar-refractivity contribution in [2.75, 3.05) is 0 Å². The molecule has 2 aromatic carbocycles. The van der Waals surface area contributed by atoms with Gasteiger partial charge in [0.25, 0.3) is 0 Å². The molecule has 0 radical (unpaired) electrons. The Labute approximate surface area is 122 Å². The van der Waals surface area contributed by atoms with E-state index in [1.165, 1.54) is 24.0 Å². The van der Waals surface area contributed by atoms with Crippen molar-refractivity contribution in [2.24, 2.45) is 0 Å². The molecule has 0 saturated heterocycles. The summed E-state index contributed by atoms with van der Waals surface area (Å²) in [7, 11) is 0. The minimum absolute atomic E-state index is 0.313. The number of rotatable bonds is 7. The molecule has 0 aliphatic rings. The van der Waals surface area contributed by atoms with Crippen molar-refractivity contribution in [3.63, 3.8) is 0 Å². The maximum absolute atomic E-state index is 10.1. The Morgan fingerprint density at radius 3 is 2.15 bits per heavy atom. The Morgan fingerprint density at radius 1 is 0.850 bits per heavy atom. The van der Waals surface area contributed by atoms with Crippen LogP contribution in [0.2, 0.25) is 0 Å². The van der Waals surface area contributed by atoms with Gasteiger partial charge in [0.1, 0.15) is 0 Å². The third-order valence-corrected chi connectivity index (χ3v) is 3.70. The van der Waals surface area contributed by atoms with Gasteiger partial charge in [-0.2, -0.15) is 0 Å². The molecular formula is C19H24O. The molecule has 0 aliphatic carbocycles. The lowest BCUT2D eigenvalue weighted by Crippen LogP contribution is -1.98. The highest BCUT2D eigenvalue weighted by Gasteiger charge is 2.06. The normalized spacial score (nSPS) is 12.3. The SMILES string of the molecule is CCCCCC(O)c1ccc(Cc2ccccc2)cc1. The quantitative estimate of drug-likeness (QED) is 0.709. The summed E-state index contributed by atoms with van der Waals surface area (Å²) in [4.78, 5) is 0. The molecule has 1 nitrogen and oxygen atoms in total. The molecule has 2 aromatic rings. The molecule has 0 amide bonds. The molecule has 0 aliphatic heterocycles. The Morgan fingerprint density at radius 2 is 1.50 bits per heavy atom. The van der Waals surface area contributed by atoms with Crippen molar-refractivity contribution in [2.45, 2.75) is 45.1 Å². The Bertz CT molecular complexity index is 487. The van der Waals surface area contributed by atoms with Crippen LogP contribution in [0.3, 0.4) is 0 Å². The number of aliphatic hydroxyl groups is 1. The number of aliphatic hydroxyl groups excluding tert-OH is 1. The second-order valence-corrected chi connectivity index (χ2v) is 5.42. The Hall–Kier alpha value is -1.60. The van der Waals surface area contributed by atoms with Crippen molar-refractivity contribution in [3.05, 3.63) is 71.3 Å². The topological polar surface area (TPSA) is 20.2 Å². The predicted octanol–water partition coefficient (Wildman–Crippen LogP) is 4.89. The number of benzene rings is 2. The molecule has 0 saturated carbocycles. The minimum Gasteiger partial charge on any atom is -0.388 e. The first-order chi connectivity index (χ1) is 9.79. The van der Waals surface area contributed by atoms with Gasteiger partial charge in [-0.15, -0.1) is 0 Å². The molecule has 106 valence electrons. The van der Waals surface area contributed by atoms with Crippen molar-refractivity contribution in [1.29, 1.82) is 0 Å². The molecule has 0 heterocycles. The fourth-order valence-electron chi connectivity index (χ4n) is 2.44. The molecule has 0 fully saturated rings. The molecule has 0 spiro atoms. The highest BCUT2D eigenvalue weighted by Crippen LogP contribution is 2.21. The molecule has 2 rings (SSSR count). The molecule has 0 bridgehead atoms. The van der Waals surface area contributed by atoms with E-state index in [0.29, 0.717) is 0 Å². The Kier molecular flexibility index (Phi) is 5.82. The second kappa shape index (κ2) is 7.86. The summed E-state index contributed by atoms with van der Waals surface area (Å²) in [5.41, 5.74) is 3.65. The smallest absolute Gasteiger partial charge is 0.0790 e. The summed E-state index contributed by atoms with van der Waals surface area (Å²) in [6.45, 7) is 2.19. The summed E-state index contributed by atoms with van der Waals surface area (Å²) in [5.74, 6) is 0. The van der Waals surface area contributed by atoms with Crippen molar-refractivity contribution in [1.82, 2.24) is 0 Å². The van der Waals surface area contributed by atoms with Crippen LogP contribution in [0.15, 0.2) is 54.6 Å². The fraction of sp³-hybridized carbons (Fsp3) is 0.368. The maximum Gasteiger partial charge on any atom is 0.0790 e. The van der Waals surface area contributed by atoms with Gasteiger partial charge in [0.15, 0.2) is 0 Å². The highest BCUT2D eigenvalue weighted by molar-refractivity contribution is 5.29. The van der Waals surface area contributed by atoms with E-state index in [4.69, 9.17) is 0 Å². The van der Waals surface area contributed by atoms with Gasteiger partial charge in [-0.25, -0.2) is 0 Å². The summed E-state index contributed by atoms with van der Waals surface area (Å²) in [6, 6.07) is 18.9. The zero-order chi connectivity index (χ0) is 14.2. The van der Waals surface area contributed by atoms with Gasteiger partial charge >= 0.3 is 0 Å². The van der Waals surface area contributed by atoms with E-state index < -0.39 is 0 Å². The molecular weight excluding hydrogens is 244 g/mol. The van der Waals surface area contributed by atoms with E-state index in [0.717, 1.165) is 24.8 Å². The van der Waals surface area contributed by atoms with E-state index in [2.05, 4.69) is 55.5 Å². The maximum atomic E-state index is 10.1. The molecule has 1 atom stereocenters. The van der Waals surface area contributed by atoms with E-state index in [-0.39, 0.29) is 6.10 Å². The van der Waals surface area contributed by atoms with Gasteiger partial charge < -0.3 is 5.11 Å². The fourth-order valence-corrected chi connectivity index (χ4v) is 2.44. The summed E-state index contributed by atoms with van der Waals surface area (Å²) < 4.78 is 0. The number of hydrogen-bond acceptors (Lipinski definition) is 1. The van der Waals surface area contributed by atoms with Crippen LogP contribution in [0.1, 0.15) is 55.4 Å². The largest absolute Gasteiger partial charge is 0.388 e. The van der Waals surface area contributed by atoms with Crippen LogP contribution < -0.4 is 0 Å². The number of unbranched alkanes of at least 4 members (excludes halogenated alkanes) is 2. The van der Waals surface area contributed by atoms with Crippen LogP contribution in [0, 0.1) is 0 Å². The van der Waals surface area contributed by atoms with Crippen molar-refractivity contribution >= 4 is 0 Å². The van der Waals surface area contributed by atoms with Gasteiger partial charge in [-0.3, -0.25) is 0 Å². The summed E-state index contributed by atoms with van der Waals surface area (Å²) in [5, 5.41) is 10.1. The van der Waals surface area contributed by atoms with Crippen LogP contribution in [-0.4, -0.2) is 5.11 Å². The molecule has 1 N–H and O–H groups in total. The third-order valence-electron chi connectivity index (χ3n) is 3.70. The van der Waals surface area contributed by atoms with Gasteiger partial charge in [0, 0.05) is 0 Å². The lowest BCUT2D eigenvalue weighted by Gasteiger charge is -2.11. The summed E-state index contributed by atoms with van der Waals surface area (Å²) in [6.07, 6.45) is 5.00. The van der Waals surface area contributed by atoms with Gasteiger partial charge in [-0.1, -0.05) is 80.8 Å². The average Bonchev–Trinajstić information content (AvgIpc) is 2.49. The van der Waals surface area contributed by atoms with Crippen LogP contribution in [-0.2, 0) is 6.42 Å². The van der Waals surface area contributed by atoms with Gasteiger partial charge in [-0.05, 0) is 29.5 Å². The Balaban J connectivity index is 1.92. The van der Waals surface area contributed by atoms with Gasteiger partial charge in [0.05, 0.1) is 6.10 Å². The van der Waals surface area contributed by atoms with E-state index in [1.807, 2.05) is 6.07 Å². The second-order valence-electron chi connectivity index (χ2n) is 5.42. The number of hydrogen-bond donors (Lipinski definition) is 1. The first-order valence-corrected chi connectivity index (χ1v) is 7.60. The standard InChI is InChI=1S/C19H24O/c1-2-3-5-10-19(20)18-13-11-17(12-14-18)15-16-8-6-4-7-9-16/h4,6-9,11-14,19-20H,2-3,5,10,15H2,1H3. The van der Waals surface area contributed by atoms with E-state index in [9.17, 15) is 5.11 Å². The van der Waals surface area contributed by atoms with Crippen molar-refractivity contribution < 1.29 is 5.11 Å². The minimum atomic E-state index is -0.313. The zero-order valence-corrected chi connectivity index (χ0v) is 12.3. The van der Waals surface area contributed by atoms with Gasteiger partial charge in [0.2, 0.25) is 0 Å². The lowest BCUT2D eigenvalue weighted by atomic mass is 9.99. The third kappa shape index (κ3) is 4.50. The van der Waals surface area contributed by atoms with E-state index in [1.54, 1.807) is 0 Å². The zero-order valence-electron chi connectivity index (χ0n) is 12.3. The van der Waals surface area contributed by atoms with E-state index >= 15 is 0 Å². The molecule has 0 aromatic heterocycles. The predicted molar refractivity (Wildman–Crippen MR) is 84.8 cm³/mol. The monoisotopic (exact) mass is 268 g/mol. The first-order valence-electron chi connectivity index (χ1n) is 7.60. The van der Waals surface area contributed by atoms with Crippen LogP contribution in [0.5, 0.6) is 0 Å². The van der Waals surface area contributed by atoms with Crippen molar-refractivity contribution in [3.8, 4) is 0 Å². The molecule has 1 unspecified atom stereocenters. The summed E-state index contributed by atoms with van der Waals surface area (Å²) >= 11 is 0. The van der Waals surface area contributed by atoms with Crippen LogP contribution in [0.4, 0.5) is 0 Å². The van der Waals surface area contributed by atoms with Crippen LogP contribution in [0.25, 0.3) is 0 Å². The molecule has 1 heteroatoms. The van der Waals surface area contributed by atoms with Crippen LogP contribution >= 0.6 is 0 Å². The molecule has 20 heavy (non-hydrogen) atoms. The first kappa shape index (κ1) is 14.8.